The Morgan fingerprint density at radius 2 is 1.96 bits per heavy atom. The summed E-state index contributed by atoms with van der Waals surface area (Å²) in [5.41, 5.74) is 5.62. The predicted octanol–water partition coefficient (Wildman–Crippen LogP) is 2.14. The monoisotopic (exact) mass is 385 g/mol. The van der Waals surface area contributed by atoms with Crippen LogP contribution in [0.15, 0.2) is 35.4 Å². The number of aromatic nitrogens is 1. The number of pyridine rings is 1. The molecule has 0 spiro atoms. The lowest BCUT2D eigenvalue weighted by molar-refractivity contribution is 0.0997. The third-order valence-electron chi connectivity index (χ3n) is 3.99. The predicted molar refractivity (Wildman–Crippen MR) is 90.1 cm³/mol. The number of nitrogens with one attached hydrogen (secondary N) is 1. The fraction of sp³-hybridized carbons (Fsp3) is 0.200. The third kappa shape index (κ3) is 2.83. The summed E-state index contributed by atoms with van der Waals surface area (Å²) in [6.45, 7) is 0. The summed E-state index contributed by atoms with van der Waals surface area (Å²) >= 11 is 12.1. The van der Waals surface area contributed by atoms with E-state index in [1.54, 1.807) is 6.07 Å². The van der Waals surface area contributed by atoms with Gasteiger partial charge in [-0.15, -0.1) is 0 Å². The van der Waals surface area contributed by atoms with Crippen molar-refractivity contribution >= 4 is 38.9 Å². The zero-order valence-electron chi connectivity index (χ0n) is 12.3. The summed E-state index contributed by atoms with van der Waals surface area (Å²) in [4.78, 5) is 11.7. The summed E-state index contributed by atoms with van der Waals surface area (Å²) in [6, 6.07) is 5.38. The van der Waals surface area contributed by atoms with Crippen molar-refractivity contribution in [2.75, 3.05) is 5.75 Å². The molecule has 1 atom stereocenters. The minimum absolute atomic E-state index is 0.0282. The molecule has 0 radical (unpaired) electrons. The van der Waals surface area contributed by atoms with Gasteiger partial charge in [0.25, 0.3) is 5.91 Å². The van der Waals surface area contributed by atoms with Crippen LogP contribution in [0, 0.1) is 5.41 Å². The number of primary amides is 1. The van der Waals surface area contributed by atoms with Crippen molar-refractivity contribution in [2.45, 2.75) is 17.4 Å². The van der Waals surface area contributed by atoms with E-state index in [9.17, 15) is 13.2 Å². The molecule has 1 aliphatic rings. The summed E-state index contributed by atoms with van der Waals surface area (Å²) in [7, 11) is -3.41. The average Bonchev–Trinajstić information content (AvgIpc) is 2.49. The zero-order chi connectivity index (χ0) is 17.6. The zero-order valence-corrected chi connectivity index (χ0v) is 14.6. The number of carbonyl (C=O) groups excluding carboxylic acids is 1. The quantitative estimate of drug-likeness (QED) is 0.826. The topological polar surface area (TPSA) is 106 Å². The molecule has 24 heavy (non-hydrogen) atoms. The van der Waals surface area contributed by atoms with Crippen molar-refractivity contribution in [1.82, 2.24) is 4.57 Å². The van der Waals surface area contributed by atoms with Crippen LogP contribution in [0.25, 0.3) is 0 Å². The molecule has 1 aliphatic heterocycles. The van der Waals surface area contributed by atoms with Crippen LogP contribution in [0.3, 0.4) is 0 Å². The van der Waals surface area contributed by atoms with Gasteiger partial charge < -0.3 is 10.3 Å². The average molecular weight is 386 g/mol. The Labute approximate surface area is 148 Å². The van der Waals surface area contributed by atoms with E-state index in [1.807, 2.05) is 0 Å². The Morgan fingerprint density at radius 3 is 2.62 bits per heavy atom. The van der Waals surface area contributed by atoms with Crippen molar-refractivity contribution < 1.29 is 13.2 Å². The van der Waals surface area contributed by atoms with E-state index in [0.29, 0.717) is 10.6 Å². The third-order valence-corrected chi connectivity index (χ3v) is 6.24. The smallest absolute Gasteiger partial charge is 0.252 e. The number of nitrogens with zero attached hydrogens (tertiary/aromatic N) is 1. The fourth-order valence-electron chi connectivity index (χ4n) is 2.90. The summed E-state index contributed by atoms with van der Waals surface area (Å²) in [6.07, 6.45) is 1.73. The van der Waals surface area contributed by atoms with Crippen molar-refractivity contribution in [2.24, 2.45) is 5.73 Å². The molecule has 6 nitrogen and oxygen atoms in total. The van der Waals surface area contributed by atoms with E-state index in [-0.39, 0.29) is 33.1 Å². The van der Waals surface area contributed by atoms with Crippen LogP contribution in [-0.2, 0) is 9.84 Å². The lowest BCUT2D eigenvalue weighted by Crippen LogP contribution is -2.35. The number of hydrogen-bond acceptors (Lipinski definition) is 4. The van der Waals surface area contributed by atoms with Crippen LogP contribution in [0.2, 0.25) is 10.0 Å². The summed E-state index contributed by atoms with van der Waals surface area (Å²) in [5.74, 6) is -0.844. The van der Waals surface area contributed by atoms with Crippen LogP contribution >= 0.6 is 23.2 Å². The molecule has 2 aromatic rings. The Balaban J connectivity index is 2.28. The molecule has 2 heterocycles. The van der Waals surface area contributed by atoms with Gasteiger partial charge in [0.15, 0.2) is 9.84 Å². The molecule has 0 aliphatic carbocycles. The highest BCUT2D eigenvalue weighted by Crippen LogP contribution is 2.36. The molecule has 0 saturated carbocycles. The Kier molecular flexibility index (Phi) is 4.19. The molecule has 1 aromatic heterocycles. The second-order valence-corrected chi connectivity index (χ2v) is 8.45. The molecule has 126 valence electrons. The molecular formula is C15H13Cl2N3O3S. The van der Waals surface area contributed by atoms with Crippen LogP contribution in [-0.4, -0.2) is 24.6 Å². The normalized spacial score (nSPS) is 18.8. The summed E-state index contributed by atoms with van der Waals surface area (Å²) in [5, 5.41) is 8.85. The molecule has 0 fully saturated rings. The first kappa shape index (κ1) is 17.0. The van der Waals surface area contributed by atoms with Gasteiger partial charge in [0, 0.05) is 11.2 Å². The van der Waals surface area contributed by atoms with Crippen LogP contribution in [0.4, 0.5) is 0 Å². The van der Waals surface area contributed by atoms with E-state index in [1.165, 1.54) is 29.0 Å². The Bertz CT molecular complexity index is 1020. The van der Waals surface area contributed by atoms with Crippen molar-refractivity contribution in [1.29, 1.82) is 5.41 Å². The number of carbonyl (C=O) groups is 1. The van der Waals surface area contributed by atoms with E-state index < -0.39 is 21.8 Å². The van der Waals surface area contributed by atoms with Crippen LogP contribution < -0.4 is 11.2 Å². The number of halogens is 2. The summed E-state index contributed by atoms with van der Waals surface area (Å²) < 4.78 is 26.0. The van der Waals surface area contributed by atoms with Gasteiger partial charge in [-0.1, -0.05) is 23.2 Å². The van der Waals surface area contributed by atoms with E-state index in [4.69, 9.17) is 34.3 Å². The van der Waals surface area contributed by atoms with Gasteiger partial charge >= 0.3 is 0 Å². The lowest BCUT2D eigenvalue weighted by Gasteiger charge is -2.28. The second-order valence-electron chi connectivity index (χ2n) is 5.50. The molecular weight excluding hydrogens is 373 g/mol. The molecule has 0 bridgehead atoms. The van der Waals surface area contributed by atoms with Gasteiger partial charge in [0.2, 0.25) is 0 Å². The largest absolute Gasteiger partial charge is 0.365 e. The van der Waals surface area contributed by atoms with Gasteiger partial charge in [0.1, 0.15) is 5.49 Å². The maximum atomic E-state index is 12.3. The van der Waals surface area contributed by atoms with Crippen LogP contribution in [0.1, 0.15) is 28.4 Å². The Hall–Kier alpha value is -1.83. The molecule has 9 heteroatoms. The standard InChI is InChI=1S/C15H13Cl2N3O3S/c16-8-1-2-13-10(5-8)12(3-4-24(13,22)23)20-7-9(17)6-11(14(20)18)15(19)21/h1-2,5-7,12,18H,3-4H2,(H2,19,21). The number of nitrogens with two attached hydrogens (primary N) is 1. The number of hydrogen-bond donors (Lipinski definition) is 2. The molecule has 0 saturated heterocycles. The highest BCUT2D eigenvalue weighted by atomic mass is 35.5. The SMILES string of the molecule is N=c1c(C(N)=O)cc(Cl)cn1C1CCS(=O)(=O)c2ccc(Cl)cc21. The number of sulfone groups is 1. The molecule has 1 amide bonds. The second kappa shape index (κ2) is 5.91. The van der Waals surface area contributed by atoms with E-state index in [0.717, 1.165) is 0 Å². The first-order chi connectivity index (χ1) is 11.2. The number of fused-ring (bicyclic) bond motifs is 1. The molecule has 3 N–H and O–H groups in total. The number of amides is 1. The van der Waals surface area contributed by atoms with Crippen molar-refractivity contribution in [3.05, 3.63) is 57.1 Å². The van der Waals surface area contributed by atoms with Gasteiger partial charge in [0.05, 0.1) is 27.3 Å². The maximum absolute atomic E-state index is 12.3. The first-order valence-electron chi connectivity index (χ1n) is 6.99. The Morgan fingerprint density at radius 1 is 1.25 bits per heavy atom. The molecule has 3 rings (SSSR count). The molecule has 1 unspecified atom stereocenters. The van der Waals surface area contributed by atoms with Crippen molar-refractivity contribution in [3.63, 3.8) is 0 Å². The maximum Gasteiger partial charge on any atom is 0.252 e. The highest BCUT2D eigenvalue weighted by molar-refractivity contribution is 7.91. The number of benzene rings is 1. The van der Waals surface area contributed by atoms with E-state index >= 15 is 0 Å². The van der Waals surface area contributed by atoms with Crippen LogP contribution in [0.5, 0.6) is 0 Å². The van der Waals surface area contributed by atoms with Gasteiger partial charge in [-0.25, -0.2) is 8.42 Å². The first-order valence-corrected chi connectivity index (χ1v) is 9.40. The minimum Gasteiger partial charge on any atom is -0.365 e. The minimum atomic E-state index is -3.41. The van der Waals surface area contributed by atoms with Crippen molar-refractivity contribution in [3.8, 4) is 0 Å². The molecule has 1 aromatic carbocycles. The van der Waals surface area contributed by atoms with E-state index in [2.05, 4.69) is 0 Å². The highest BCUT2D eigenvalue weighted by Gasteiger charge is 2.32. The van der Waals surface area contributed by atoms with Gasteiger partial charge in [-0.2, -0.15) is 0 Å². The van der Waals surface area contributed by atoms with Gasteiger partial charge in [-0.05, 0) is 36.2 Å². The van der Waals surface area contributed by atoms with Gasteiger partial charge in [-0.3, -0.25) is 10.2 Å². The lowest BCUT2D eigenvalue weighted by atomic mass is 10.0. The number of rotatable bonds is 2. The fourth-order valence-corrected chi connectivity index (χ4v) is 4.88.